The highest BCUT2D eigenvalue weighted by Gasteiger charge is 2.21. The van der Waals surface area contributed by atoms with Crippen LogP contribution in [-0.4, -0.2) is 22.9 Å². The number of anilines is 2. The van der Waals surface area contributed by atoms with Gasteiger partial charge >= 0.3 is 0 Å². The number of nitrogens with two attached hydrogens (primary N) is 2. The SMILES string of the molecule is C=Nc1ccc(-c2ccc3nc(-c4cccc(C(C)(C)CCc5ccc(N)c(N=CC(C)C)c5)c4)[nH]c3c2)cc1N. The quantitative estimate of drug-likeness (QED) is 0.128. The Hall–Kier alpha value is -4.71. The molecule has 0 fully saturated rings. The van der Waals surface area contributed by atoms with Gasteiger partial charge in [-0.25, -0.2) is 4.98 Å². The van der Waals surface area contributed by atoms with Gasteiger partial charge < -0.3 is 16.5 Å². The fraction of sp³-hybridized carbons (Fsp3) is 0.229. The number of hydrogen-bond acceptors (Lipinski definition) is 5. The zero-order valence-corrected chi connectivity index (χ0v) is 24.3. The number of benzene rings is 4. The number of H-pyrrole nitrogens is 1. The lowest BCUT2D eigenvalue weighted by molar-refractivity contribution is 0.480. The molecule has 0 saturated heterocycles. The third-order valence-corrected chi connectivity index (χ3v) is 7.58. The second kappa shape index (κ2) is 11.4. The number of nitrogens with zero attached hydrogens (tertiary/aromatic N) is 3. The Kier molecular flexibility index (Phi) is 7.75. The minimum Gasteiger partial charge on any atom is -0.397 e. The standard InChI is InChI=1S/C35H38N6/c1-22(2)21-39-32-17-23(9-12-28(32)36)15-16-35(3,4)27-8-6-7-26(18-27)34-40-31-14-11-25(20-33(31)41-34)24-10-13-30(38-5)29(37)19-24/h6-14,17-22H,5,15-16,36-37H2,1-4H3,(H,40,41). The summed E-state index contributed by atoms with van der Waals surface area (Å²) in [5.41, 5.74) is 22.7. The molecule has 1 aromatic heterocycles. The van der Waals surface area contributed by atoms with Gasteiger partial charge in [0.05, 0.1) is 33.8 Å². The molecular weight excluding hydrogens is 504 g/mol. The lowest BCUT2D eigenvalue weighted by atomic mass is 9.79. The second-order valence-corrected chi connectivity index (χ2v) is 11.6. The van der Waals surface area contributed by atoms with E-state index < -0.39 is 0 Å². The van der Waals surface area contributed by atoms with Crippen LogP contribution in [0.2, 0.25) is 0 Å². The Morgan fingerprint density at radius 1 is 0.878 bits per heavy atom. The van der Waals surface area contributed by atoms with Gasteiger partial charge in [0.2, 0.25) is 0 Å². The molecular formula is C35H38N6. The molecule has 5 N–H and O–H groups in total. The summed E-state index contributed by atoms with van der Waals surface area (Å²) in [6.45, 7) is 12.4. The molecule has 0 aliphatic rings. The zero-order valence-electron chi connectivity index (χ0n) is 24.3. The average Bonchev–Trinajstić information content (AvgIpc) is 3.40. The van der Waals surface area contributed by atoms with Crippen molar-refractivity contribution in [3.8, 4) is 22.5 Å². The van der Waals surface area contributed by atoms with E-state index in [-0.39, 0.29) is 5.41 Å². The zero-order chi connectivity index (χ0) is 29.1. The van der Waals surface area contributed by atoms with Crippen molar-refractivity contribution in [2.24, 2.45) is 15.9 Å². The van der Waals surface area contributed by atoms with Gasteiger partial charge in [-0.1, -0.05) is 64.1 Å². The Balaban J connectivity index is 1.36. The molecule has 1 heterocycles. The third kappa shape index (κ3) is 6.22. The summed E-state index contributed by atoms with van der Waals surface area (Å²) in [4.78, 5) is 17.0. The number of aliphatic imine (C=N–C) groups is 2. The molecule has 0 amide bonds. The van der Waals surface area contributed by atoms with Crippen LogP contribution in [0.25, 0.3) is 33.5 Å². The fourth-order valence-electron chi connectivity index (χ4n) is 4.98. The summed E-state index contributed by atoms with van der Waals surface area (Å²) in [6.07, 6.45) is 3.86. The van der Waals surface area contributed by atoms with Crippen molar-refractivity contribution in [3.63, 3.8) is 0 Å². The first-order chi connectivity index (χ1) is 19.6. The first kappa shape index (κ1) is 27.8. The number of aromatic amines is 1. The topological polar surface area (TPSA) is 105 Å². The van der Waals surface area contributed by atoms with Gasteiger partial charge in [0, 0.05) is 11.8 Å². The molecule has 0 unspecified atom stereocenters. The first-order valence-electron chi connectivity index (χ1n) is 14.0. The number of aryl methyl sites for hydroxylation is 1. The Bertz CT molecular complexity index is 1740. The van der Waals surface area contributed by atoms with Crippen molar-refractivity contribution in [1.29, 1.82) is 0 Å². The fourth-order valence-corrected chi connectivity index (χ4v) is 4.98. The lowest BCUT2D eigenvalue weighted by Gasteiger charge is -2.26. The van der Waals surface area contributed by atoms with Crippen LogP contribution in [0.1, 0.15) is 45.2 Å². The number of nitrogen functional groups attached to an aromatic ring is 2. The summed E-state index contributed by atoms with van der Waals surface area (Å²) in [5.74, 6) is 1.23. The van der Waals surface area contributed by atoms with E-state index in [1.54, 1.807) is 0 Å². The molecule has 0 spiro atoms. The smallest absolute Gasteiger partial charge is 0.138 e. The highest BCUT2D eigenvalue weighted by atomic mass is 14.9. The van der Waals surface area contributed by atoms with Gasteiger partial charge in [-0.15, -0.1) is 0 Å². The lowest BCUT2D eigenvalue weighted by Crippen LogP contribution is -2.18. The van der Waals surface area contributed by atoms with E-state index in [1.807, 2.05) is 36.5 Å². The van der Waals surface area contributed by atoms with Gasteiger partial charge in [0.25, 0.3) is 0 Å². The van der Waals surface area contributed by atoms with Crippen LogP contribution in [-0.2, 0) is 11.8 Å². The van der Waals surface area contributed by atoms with Gasteiger partial charge in [-0.2, -0.15) is 0 Å². The maximum atomic E-state index is 6.17. The van der Waals surface area contributed by atoms with Crippen molar-refractivity contribution in [2.75, 3.05) is 11.5 Å². The molecule has 0 radical (unpaired) electrons. The summed E-state index contributed by atoms with van der Waals surface area (Å²) in [7, 11) is 0. The molecule has 0 atom stereocenters. The predicted octanol–water partition coefficient (Wildman–Crippen LogP) is 8.66. The van der Waals surface area contributed by atoms with Crippen molar-refractivity contribution < 1.29 is 0 Å². The van der Waals surface area contributed by atoms with E-state index in [2.05, 4.69) is 97.9 Å². The largest absolute Gasteiger partial charge is 0.397 e. The normalized spacial score (nSPS) is 12.0. The van der Waals surface area contributed by atoms with E-state index in [4.69, 9.17) is 16.5 Å². The minimum atomic E-state index is -0.0374. The predicted molar refractivity (Wildman–Crippen MR) is 176 cm³/mol. The molecule has 6 nitrogen and oxygen atoms in total. The van der Waals surface area contributed by atoms with Gasteiger partial charge in [0.1, 0.15) is 5.82 Å². The molecule has 5 aromatic rings. The Labute approximate surface area is 242 Å². The Morgan fingerprint density at radius 3 is 2.41 bits per heavy atom. The molecule has 4 aromatic carbocycles. The van der Waals surface area contributed by atoms with Crippen molar-refractivity contribution in [1.82, 2.24) is 9.97 Å². The van der Waals surface area contributed by atoms with Crippen molar-refractivity contribution in [2.45, 2.75) is 46.0 Å². The first-order valence-corrected chi connectivity index (χ1v) is 14.0. The van der Waals surface area contributed by atoms with Crippen LogP contribution in [0.4, 0.5) is 22.7 Å². The van der Waals surface area contributed by atoms with E-state index in [0.29, 0.717) is 23.0 Å². The van der Waals surface area contributed by atoms with Gasteiger partial charge in [-0.3, -0.25) is 9.98 Å². The molecule has 41 heavy (non-hydrogen) atoms. The van der Waals surface area contributed by atoms with Crippen molar-refractivity contribution in [3.05, 3.63) is 90.0 Å². The Morgan fingerprint density at radius 2 is 1.66 bits per heavy atom. The van der Waals surface area contributed by atoms with E-state index >= 15 is 0 Å². The average molecular weight is 543 g/mol. The number of nitrogens with one attached hydrogen (secondary N) is 1. The van der Waals surface area contributed by atoms with Gasteiger partial charge in [-0.05, 0) is 95.6 Å². The number of imidazole rings is 1. The summed E-state index contributed by atoms with van der Waals surface area (Å²) in [5, 5.41) is 0. The number of aromatic nitrogens is 2. The minimum absolute atomic E-state index is 0.0374. The highest BCUT2D eigenvalue weighted by Crippen LogP contribution is 2.34. The molecule has 0 aliphatic carbocycles. The maximum Gasteiger partial charge on any atom is 0.138 e. The van der Waals surface area contributed by atoms with E-state index in [1.165, 1.54) is 11.1 Å². The molecule has 0 bridgehead atoms. The number of rotatable bonds is 9. The third-order valence-electron chi connectivity index (χ3n) is 7.58. The number of fused-ring (bicyclic) bond motifs is 1. The van der Waals surface area contributed by atoms with Crippen LogP contribution in [0, 0.1) is 5.92 Å². The summed E-state index contributed by atoms with van der Waals surface area (Å²) < 4.78 is 0. The highest BCUT2D eigenvalue weighted by molar-refractivity contribution is 5.86. The van der Waals surface area contributed by atoms with Crippen LogP contribution in [0.3, 0.4) is 0 Å². The van der Waals surface area contributed by atoms with Crippen LogP contribution >= 0.6 is 0 Å². The second-order valence-electron chi connectivity index (χ2n) is 11.6. The summed E-state index contributed by atoms with van der Waals surface area (Å²) in [6, 6.07) is 26.9. The summed E-state index contributed by atoms with van der Waals surface area (Å²) >= 11 is 0. The molecule has 0 aliphatic heterocycles. The van der Waals surface area contributed by atoms with Crippen LogP contribution < -0.4 is 11.5 Å². The monoisotopic (exact) mass is 542 g/mol. The number of hydrogen-bond donors (Lipinski definition) is 3. The van der Waals surface area contributed by atoms with Crippen LogP contribution in [0.5, 0.6) is 0 Å². The van der Waals surface area contributed by atoms with Crippen LogP contribution in [0.15, 0.2) is 88.8 Å². The molecule has 0 saturated carbocycles. The maximum absolute atomic E-state index is 6.17. The molecule has 5 rings (SSSR count). The van der Waals surface area contributed by atoms with Crippen molar-refractivity contribution >= 4 is 46.7 Å². The van der Waals surface area contributed by atoms with E-state index in [0.717, 1.165) is 52.1 Å². The van der Waals surface area contributed by atoms with Gasteiger partial charge in [0.15, 0.2) is 0 Å². The van der Waals surface area contributed by atoms with E-state index in [9.17, 15) is 0 Å². The molecule has 208 valence electrons. The molecule has 6 heteroatoms.